The van der Waals surface area contributed by atoms with Gasteiger partial charge in [0.1, 0.15) is 5.88 Å². The van der Waals surface area contributed by atoms with Crippen molar-refractivity contribution in [1.29, 1.82) is 0 Å². The normalized spacial score (nSPS) is 10.3. The molecule has 1 aromatic carbocycles. The highest BCUT2D eigenvalue weighted by molar-refractivity contribution is 6.27. The fourth-order valence-electron chi connectivity index (χ4n) is 1.63. The fraction of sp³-hybridized carbons (Fsp3) is 0.231. The molecular formula is C13H14ClN3O. The molecule has 0 bridgehead atoms. The first-order chi connectivity index (χ1) is 8.70. The Morgan fingerprint density at radius 3 is 2.78 bits per heavy atom. The zero-order valence-electron chi connectivity index (χ0n) is 10.1. The van der Waals surface area contributed by atoms with Gasteiger partial charge >= 0.3 is 0 Å². The summed E-state index contributed by atoms with van der Waals surface area (Å²) >= 11 is 5.50. The molecule has 1 heterocycles. The molecule has 4 nitrogen and oxygen atoms in total. The van der Waals surface area contributed by atoms with Gasteiger partial charge in [-0.2, -0.15) is 5.10 Å². The Hall–Kier alpha value is -1.81. The van der Waals surface area contributed by atoms with Crippen molar-refractivity contribution in [2.24, 2.45) is 0 Å². The van der Waals surface area contributed by atoms with Crippen LogP contribution < -0.4 is 0 Å². The molecule has 0 unspecified atom stereocenters. The van der Waals surface area contributed by atoms with Gasteiger partial charge in [-0.3, -0.25) is 4.79 Å². The van der Waals surface area contributed by atoms with Crippen LogP contribution >= 0.6 is 11.6 Å². The standard InChI is InChI=1S/C13H14ClN3O/c1-16(13(18)7-14)9-11-8-15-17(10-11)12-5-3-2-4-6-12/h2-6,8,10H,7,9H2,1H3. The third-order valence-electron chi connectivity index (χ3n) is 2.62. The molecule has 94 valence electrons. The number of hydrogen-bond acceptors (Lipinski definition) is 2. The van der Waals surface area contributed by atoms with E-state index in [1.807, 2.05) is 36.5 Å². The summed E-state index contributed by atoms with van der Waals surface area (Å²) in [5.74, 6) is -0.0901. The van der Waals surface area contributed by atoms with Crippen LogP contribution in [0.15, 0.2) is 42.7 Å². The minimum Gasteiger partial charge on any atom is -0.340 e. The van der Waals surface area contributed by atoms with Gasteiger partial charge in [-0.1, -0.05) is 18.2 Å². The van der Waals surface area contributed by atoms with E-state index in [1.54, 1.807) is 22.8 Å². The Balaban J connectivity index is 2.09. The molecule has 0 spiro atoms. The van der Waals surface area contributed by atoms with Gasteiger partial charge in [0.25, 0.3) is 0 Å². The molecule has 0 saturated heterocycles. The number of halogens is 1. The molecule has 1 aromatic heterocycles. The second kappa shape index (κ2) is 5.69. The number of carbonyl (C=O) groups is 1. The average Bonchev–Trinajstić information content (AvgIpc) is 2.87. The summed E-state index contributed by atoms with van der Waals surface area (Å²) in [4.78, 5) is 12.9. The minimum atomic E-state index is -0.0934. The topological polar surface area (TPSA) is 38.1 Å². The van der Waals surface area contributed by atoms with Crippen LogP contribution in [0.5, 0.6) is 0 Å². The van der Waals surface area contributed by atoms with E-state index >= 15 is 0 Å². The highest BCUT2D eigenvalue weighted by Gasteiger charge is 2.09. The largest absolute Gasteiger partial charge is 0.340 e. The molecule has 2 rings (SSSR count). The minimum absolute atomic E-state index is 0.00330. The van der Waals surface area contributed by atoms with Gasteiger partial charge in [0.05, 0.1) is 11.9 Å². The van der Waals surface area contributed by atoms with Crippen LogP contribution in [-0.4, -0.2) is 33.5 Å². The fourth-order valence-corrected chi connectivity index (χ4v) is 1.83. The Bertz CT molecular complexity index is 524. The van der Waals surface area contributed by atoms with Crippen molar-refractivity contribution in [2.45, 2.75) is 6.54 Å². The maximum atomic E-state index is 11.4. The molecule has 0 N–H and O–H groups in total. The Kier molecular flexibility index (Phi) is 3.99. The van der Waals surface area contributed by atoms with Crippen LogP contribution in [-0.2, 0) is 11.3 Å². The maximum Gasteiger partial charge on any atom is 0.237 e. The number of aromatic nitrogens is 2. The molecule has 2 aromatic rings. The van der Waals surface area contributed by atoms with Crippen molar-refractivity contribution in [3.8, 4) is 5.69 Å². The van der Waals surface area contributed by atoms with Crippen molar-refractivity contribution in [3.63, 3.8) is 0 Å². The molecule has 0 saturated carbocycles. The van der Waals surface area contributed by atoms with Crippen LogP contribution in [0.2, 0.25) is 0 Å². The van der Waals surface area contributed by atoms with Gasteiger partial charge in [-0.15, -0.1) is 11.6 Å². The first kappa shape index (κ1) is 12.6. The summed E-state index contributed by atoms with van der Waals surface area (Å²) in [5.41, 5.74) is 1.97. The molecule has 0 aliphatic carbocycles. The molecule has 0 radical (unpaired) electrons. The first-order valence-corrected chi connectivity index (χ1v) is 6.13. The number of carbonyl (C=O) groups excluding carboxylic acids is 1. The van der Waals surface area contributed by atoms with Gasteiger partial charge in [-0.25, -0.2) is 4.68 Å². The molecule has 0 aliphatic heterocycles. The van der Waals surface area contributed by atoms with Crippen molar-refractivity contribution in [2.75, 3.05) is 12.9 Å². The van der Waals surface area contributed by atoms with E-state index in [1.165, 1.54) is 0 Å². The number of nitrogens with zero attached hydrogens (tertiary/aromatic N) is 3. The average molecular weight is 264 g/mol. The van der Waals surface area contributed by atoms with Crippen LogP contribution in [0.4, 0.5) is 0 Å². The molecule has 18 heavy (non-hydrogen) atoms. The van der Waals surface area contributed by atoms with Gasteiger partial charge in [-0.05, 0) is 12.1 Å². The molecule has 0 aliphatic rings. The Morgan fingerprint density at radius 2 is 2.11 bits per heavy atom. The number of rotatable bonds is 4. The van der Waals surface area contributed by atoms with Crippen LogP contribution in [0, 0.1) is 0 Å². The highest BCUT2D eigenvalue weighted by atomic mass is 35.5. The van der Waals surface area contributed by atoms with E-state index in [9.17, 15) is 4.79 Å². The van der Waals surface area contributed by atoms with Gasteiger partial charge in [0.2, 0.25) is 5.91 Å². The first-order valence-electron chi connectivity index (χ1n) is 5.59. The van der Waals surface area contributed by atoms with E-state index < -0.39 is 0 Å². The lowest BCUT2D eigenvalue weighted by Crippen LogP contribution is -2.26. The third-order valence-corrected chi connectivity index (χ3v) is 2.85. The maximum absolute atomic E-state index is 11.4. The second-order valence-electron chi connectivity index (χ2n) is 4.01. The summed E-state index contributed by atoms with van der Waals surface area (Å²) < 4.78 is 1.79. The van der Waals surface area contributed by atoms with Gasteiger partial charge in [0, 0.05) is 25.4 Å². The lowest BCUT2D eigenvalue weighted by Gasteiger charge is -2.13. The molecule has 0 fully saturated rings. The van der Waals surface area contributed by atoms with E-state index in [2.05, 4.69) is 5.10 Å². The predicted octanol–water partition coefficient (Wildman–Crippen LogP) is 2.07. The zero-order valence-corrected chi connectivity index (χ0v) is 10.8. The lowest BCUT2D eigenvalue weighted by atomic mass is 10.3. The van der Waals surface area contributed by atoms with Gasteiger partial charge < -0.3 is 4.90 Å². The summed E-state index contributed by atoms with van der Waals surface area (Å²) in [6, 6.07) is 9.83. The van der Waals surface area contributed by atoms with Crippen LogP contribution in [0.3, 0.4) is 0 Å². The molecule has 1 amide bonds. The summed E-state index contributed by atoms with van der Waals surface area (Å²) in [5, 5.41) is 4.27. The van der Waals surface area contributed by atoms with E-state index in [0.29, 0.717) is 6.54 Å². The van der Waals surface area contributed by atoms with Crippen LogP contribution in [0.25, 0.3) is 5.69 Å². The smallest absolute Gasteiger partial charge is 0.237 e. The van der Waals surface area contributed by atoms with Crippen molar-refractivity contribution < 1.29 is 4.79 Å². The van der Waals surface area contributed by atoms with E-state index in [4.69, 9.17) is 11.6 Å². The van der Waals surface area contributed by atoms with E-state index in [0.717, 1.165) is 11.3 Å². The molecule has 0 atom stereocenters. The number of amides is 1. The second-order valence-corrected chi connectivity index (χ2v) is 4.28. The zero-order chi connectivity index (χ0) is 13.0. The summed E-state index contributed by atoms with van der Waals surface area (Å²) in [7, 11) is 1.73. The highest BCUT2D eigenvalue weighted by Crippen LogP contribution is 2.09. The van der Waals surface area contributed by atoms with Crippen molar-refractivity contribution >= 4 is 17.5 Å². The lowest BCUT2D eigenvalue weighted by molar-refractivity contribution is -0.127. The van der Waals surface area contributed by atoms with Crippen molar-refractivity contribution in [1.82, 2.24) is 14.7 Å². The van der Waals surface area contributed by atoms with Crippen molar-refractivity contribution in [3.05, 3.63) is 48.3 Å². The molecule has 5 heteroatoms. The van der Waals surface area contributed by atoms with E-state index in [-0.39, 0.29) is 11.8 Å². The quantitative estimate of drug-likeness (QED) is 0.792. The summed E-state index contributed by atoms with van der Waals surface area (Å²) in [6.07, 6.45) is 3.67. The Labute approximate surface area is 111 Å². The summed E-state index contributed by atoms with van der Waals surface area (Å²) in [6.45, 7) is 0.512. The monoisotopic (exact) mass is 263 g/mol. The number of benzene rings is 1. The number of alkyl halides is 1. The third kappa shape index (κ3) is 2.90. The Morgan fingerprint density at radius 1 is 1.39 bits per heavy atom. The molecular weight excluding hydrogens is 250 g/mol. The predicted molar refractivity (Wildman–Crippen MR) is 70.8 cm³/mol. The van der Waals surface area contributed by atoms with Gasteiger partial charge in [0.15, 0.2) is 0 Å². The number of para-hydroxylation sites is 1. The number of hydrogen-bond donors (Lipinski definition) is 0. The SMILES string of the molecule is CN(Cc1cnn(-c2ccccc2)c1)C(=O)CCl. The van der Waals surface area contributed by atoms with Crippen LogP contribution in [0.1, 0.15) is 5.56 Å².